The van der Waals surface area contributed by atoms with Gasteiger partial charge in [0.15, 0.2) is 0 Å². The molecule has 0 aliphatic heterocycles. The fraction of sp³-hybridized carbons (Fsp3) is 0.136. The van der Waals surface area contributed by atoms with Crippen LogP contribution in [0.1, 0.15) is 11.1 Å². The first-order valence-electron chi connectivity index (χ1n) is 8.92. The Morgan fingerprint density at radius 1 is 1.14 bits per heavy atom. The number of thiophene rings is 1. The Morgan fingerprint density at radius 2 is 1.93 bits per heavy atom. The maximum atomic E-state index is 13.0. The maximum absolute atomic E-state index is 13.0. The van der Waals surface area contributed by atoms with Crippen molar-refractivity contribution in [2.24, 2.45) is 0 Å². The molecule has 4 rings (SSSR count). The van der Waals surface area contributed by atoms with Crippen molar-refractivity contribution >= 4 is 33.1 Å². The summed E-state index contributed by atoms with van der Waals surface area (Å²) in [6, 6.07) is 15.6. The zero-order chi connectivity index (χ0) is 19.7. The highest BCUT2D eigenvalue weighted by molar-refractivity contribution is 7.17. The van der Waals surface area contributed by atoms with Crippen LogP contribution < -0.4 is 10.9 Å². The first-order valence-corrected chi connectivity index (χ1v) is 9.80. The van der Waals surface area contributed by atoms with E-state index in [4.69, 9.17) is 0 Å². The van der Waals surface area contributed by atoms with E-state index in [0.717, 1.165) is 27.9 Å². The first-order chi connectivity index (χ1) is 13.5. The second kappa shape index (κ2) is 7.40. The van der Waals surface area contributed by atoms with Gasteiger partial charge in [0.2, 0.25) is 5.91 Å². The van der Waals surface area contributed by atoms with Gasteiger partial charge in [-0.2, -0.15) is 0 Å². The van der Waals surface area contributed by atoms with Crippen LogP contribution >= 0.6 is 11.3 Å². The van der Waals surface area contributed by atoms with E-state index in [-0.39, 0.29) is 18.0 Å². The monoisotopic (exact) mass is 389 g/mol. The van der Waals surface area contributed by atoms with Gasteiger partial charge in [-0.05, 0) is 31.0 Å². The lowest BCUT2D eigenvalue weighted by atomic mass is 10.1. The van der Waals surface area contributed by atoms with Crippen LogP contribution in [-0.2, 0) is 11.3 Å². The maximum Gasteiger partial charge on any atom is 0.263 e. The lowest BCUT2D eigenvalue weighted by Gasteiger charge is -2.10. The van der Waals surface area contributed by atoms with E-state index in [1.807, 2.05) is 67.8 Å². The summed E-state index contributed by atoms with van der Waals surface area (Å²) in [4.78, 5) is 30.6. The third-order valence-corrected chi connectivity index (χ3v) is 5.50. The summed E-state index contributed by atoms with van der Waals surface area (Å²) in [5.41, 5.74) is 4.47. The van der Waals surface area contributed by atoms with Crippen LogP contribution in [-0.4, -0.2) is 15.5 Å². The van der Waals surface area contributed by atoms with Crippen molar-refractivity contribution in [3.05, 3.63) is 81.7 Å². The van der Waals surface area contributed by atoms with Crippen LogP contribution in [0.4, 0.5) is 5.69 Å². The number of hydrogen-bond acceptors (Lipinski definition) is 4. The van der Waals surface area contributed by atoms with Crippen LogP contribution in [0, 0.1) is 13.8 Å². The van der Waals surface area contributed by atoms with E-state index in [9.17, 15) is 9.59 Å². The Balaban J connectivity index is 1.65. The molecule has 2 aromatic heterocycles. The number of carbonyl (C=O) groups is 1. The summed E-state index contributed by atoms with van der Waals surface area (Å²) in [6.45, 7) is 3.86. The summed E-state index contributed by atoms with van der Waals surface area (Å²) in [5, 5.41) is 5.37. The fourth-order valence-electron chi connectivity index (χ4n) is 3.21. The molecular formula is C22H19N3O2S. The third-order valence-electron chi connectivity index (χ3n) is 4.62. The molecule has 4 aromatic rings. The van der Waals surface area contributed by atoms with Crippen LogP contribution in [0.5, 0.6) is 0 Å². The molecule has 0 saturated carbocycles. The quantitative estimate of drug-likeness (QED) is 0.563. The number of fused-ring (bicyclic) bond motifs is 1. The van der Waals surface area contributed by atoms with E-state index < -0.39 is 0 Å². The van der Waals surface area contributed by atoms with Gasteiger partial charge >= 0.3 is 0 Å². The molecule has 0 fully saturated rings. The molecule has 0 spiro atoms. The van der Waals surface area contributed by atoms with E-state index in [2.05, 4.69) is 10.3 Å². The highest BCUT2D eigenvalue weighted by Crippen LogP contribution is 2.30. The van der Waals surface area contributed by atoms with Gasteiger partial charge in [0, 0.05) is 16.6 Å². The summed E-state index contributed by atoms with van der Waals surface area (Å²) >= 11 is 1.43. The molecule has 2 heterocycles. The van der Waals surface area contributed by atoms with Crippen molar-refractivity contribution < 1.29 is 4.79 Å². The van der Waals surface area contributed by atoms with Gasteiger partial charge in [-0.15, -0.1) is 11.3 Å². The second-order valence-corrected chi connectivity index (χ2v) is 7.60. The highest BCUT2D eigenvalue weighted by Gasteiger charge is 2.15. The summed E-state index contributed by atoms with van der Waals surface area (Å²) in [7, 11) is 0. The molecule has 1 N–H and O–H groups in total. The molecule has 0 radical (unpaired) electrons. The molecule has 6 heteroatoms. The lowest BCUT2D eigenvalue weighted by Crippen LogP contribution is -2.28. The Hall–Kier alpha value is -3.25. The number of anilines is 1. The Kier molecular flexibility index (Phi) is 4.79. The minimum Gasteiger partial charge on any atom is -0.324 e. The van der Waals surface area contributed by atoms with E-state index in [1.165, 1.54) is 22.2 Å². The highest BCUT2D eigenvalue weighted by atomic mass is 32.1. The molecule has 1 amide bonds. The molecule has 0 unspecified atom stereocenters. The van der Waals surface area contributed by atoms with Crippen LogP contribution in [0.25, 0.3) is 21.3 Å². The van der Waals surface area contributed by atoms with Crippen molar-refractivity contribution in [3.8, 4) is 11.1 Å². The van der Waals surface area contributed by atoms with Crippen LogP contribution in [0.2, 0.25) is 0 Å². The predicted octanol–water partition coefficient (Wildman–Crippen LogP) is 4.38. The van der Waals surface area contributed by atoms with Gasteiger partial charge in [-0.25, -0.2) is 4.98 Å². The molecule has 28 heavy (non-hydrogen) atoms. The first kappa shape index (κ1) is 18.1. The largest absolute Gasteiger partial charge is 0.324 e. The second-order valence-electron chi connectivity index (χ2n) is 6.74. The Labute approximate surface area is 166 Å². The number of benzene rings is 2. The average molecular weight is 389 g/mol. The van der Waals surface area contributed by atoms with Crippen molar-refractivity contribution in [3.63, 3.8) is 0 Å². The lowest BCUT2D eigenvalue weighted by molar-refractivity contribution is -0.116. The summed E-state index contributed by atoms with van der Waals surface area (Å²) < 4.78 is 1.36. The molecular weight excluding hydrogens is 370 g/mol. The molecule has 0 saturated heterocycles. The van der Waals surface area contributed by atoms with Crippen LogP contribution in [0.15, 0.2) is 65.0 Å². The molecule has 0 bridgehead atoms. The van der Waals surface area contributed by atoms with Gasteiger partial charge in [-0.1, -0.05) is 48.0 Å². The van der Waals surface area contributed by atoms with Crippen molar-refractivity contribution in [1.82, 2.24) is 9.55 Å². The summed E-state index contributed by atoms with van der Waals surface area (Å²) in [6.07, 6.45) is 1.44. The number of nitrogens with one attached hydrogen (secondary N) is 1. The predicted molar refractivity (Wildman–Crippen MR) is 114 cm³/mol. The average Bonchev–Trinajstić information content (AvgIpc) is 3.12. The topological polar surface area (TPSA) is 64.0 Å². The van der Waals surface area contributed by atoms with Gasteiger partial charge in [-0.3, -0.25) is 14.2 Å². The smallest absolute Gasteiger partial charge is 0.263 e. The molecule has 0 aliphatic rings. The number of rotatable bonds is 4. The minimum absolute atomic E-state index is 0.0842. The molecule has 140 valence electrons. The summed E-state index contributed by atoms with van der Waals surface area (Å²) in [5.74, 6) is -0.258. The van der Waals surface area contributed by atoms with Gasteiger partial charge in [0.1, 0.15) is 11.4 Å². The number of hydrogen-bond donors (Lipinski definition) is 1. The standard InChI is InChI=1S/C22H19N3O2S/c1-14-8-9-18(15(2)10-14)24-19(26)11-25-13-23-21-20(22(25)27)17(12-28-21)16-6-4-3-5-7-16/h3-10,12-13H,11H2,1-2H3,(H,24,26). The van der Waals surface area contributed by atoms with Gasteiger partial charge < -0.3 is 5.32 Å². The zero-order valence-corrected chi connectivity index (χ0v) is 16.4. The molecule has 5 nitrogen and oxygen atoms in total. The molecule has 0 aliphatic carbocycles. The fourth-order valence-corrected chi connectivity index (χ4v) is 4.12. The normalized spacial score (nSPS) is 10.9. The Morgan fingerprint density at radius 3 is 2.68 bits per heavy atom. The van der Waals surface area contributed by atoms with Crippen LogP contribution in [0.3, 0.4) is 0 Å². The minimum atomic E-state index is -0.258. The third kappa shape index (κ3) is 3.46. The zero-order valence-electron chi connectivity index (χ0n) is 15.6. The number of amides is 1. The molecule has 2 aromatic carbocycles. The van der Waals surface area contributed by atoms with Gasteiger partial charge in [0.05, 0.1) is 11.7 Å². The number of carbonyl (C=O) groups excluding carboxylic acids is 1. The van der Waals surface area contributed by atoms with Crippen molar-refractivity contribution in [2.45, 2.75) is 20.4 Å². The number of aryl methyl sites for hydroxylation is 2. The van der Waals surface area contributed by atoms with Crippen molar-refractivity contribution in [1.29, 1.82) is 0 Å². The van der Waals surface area contributed by atoms with E-state index in [1.54, 1.807) is 0 Å². The number of aromatic nitrogens is 2. The van der Waals surface area contributed by atoms with E-state index in [0.29, 0.717) is 10.2 Å². The van der Waals surface area contributed by atoms with Crippen molar-refractivity contribution in [2.75, 3.05) is 5.32 Å². The SMILES string of the molecule is Cc1ccc(NC(=O)Cn2cnc3scc(-c4ccccc4)c3c2=O)c(C)c1. The van der Waals surface area contributed by atoms with E-state index >= 15 is 0 Å². The van der Waals surface area contributed by atoms with Gasteiger partial charge in [0.25, 0.3) is 5.56 Å². The Bertz CT molecular complexity index is 1230. The number of nitrogens with zero attached hydrogens (tertiary/aromatic N) is 2. The molecule has 0 atom stereocenters.